The van der Waals surface area contributed by atoms with Gasteiger partial charge < -0.3 is 20.3 Å². The molecule has 1 amide bonds. The van der Waals surface area contributed by atoms with Crippen LogP contribution in [0.15, 0.2) is 4.99 Å². The molecule has 1 saturated carbocycles. The number of likely N-dealkylation sites (tertiary alicyclic amines) is 1. The fraction of sp³-hybridized carbons (Fsp3) is 0.905. The Bertz CT molecular complexity index is 475. The summed E-state index contributed by atoms with van der Waals surface area (Å²) in [5, 5.41) is 6.68. The van der Waals surface area contributed by atoms with Crippen molar-refractivity contribution >= 4 is 11.9 Å². The molecular weight excluding hydrogens is 340 g/mol. The van der Waals surface area contributed by atoms with Gasteiger partial charge in [-0.05, 0) is 50.4 Å². The minimum absolute atomic E-state index is 0.261. The van der Waals surface area contributed by atoms with E-state index in [9.17, 15) is 4.79 Å². The van der Waals surface area contributed by atoms with Gasteiger partial charge in [0.1, 0.15) is 0 Å². The van der Waals surface area contributed by atoms with Gasteiger partial charge in [-0.3, -0.25) is 9.79 Å². The maximum Gasteiger partial charge on any atom is 0.224 e. The fourth-order valence-corrected chi connectivity index (χ4v) is 4.38. The number of carbonyl (C=O) groups excluding carboxylic acids is 1. The molecule has 1 unspecified atom stereocenters. The predicted molar refractivity (Wildman–Crippen MR) is 111 cm³/mol. The summed E-state index contributed by atoms with van der Waals surface area (Å²) in [6.07, 6.45) is 9.07. The lowest BCUT2D eigenvalue weighted by Gasteiger charge is -2.31. The number of nitrogens with zero attached hydrogens (tertiary/aromatic N) is 2. The Balaban J connectivity index is 1.81. The van der Waals surface area contributed by atoms with Crippen molar-refractivity contribution in [2.24, 2.45) is 16.3 Å². The maximum absolute atomic E-state index is 12.4. The normalized spacial score (nSPS) is 22.7. The zero-order chi connectivity index (χ0) is 19.5. The Morgan fingerprint density at radius 1 is 1.26 bits per heavy atom. The van der Waals surface area contributed by atoms with E-state index in [4.69, 9.17) is 9.73 Å². The largest absolute Gasteiger partial charge is 0.385 e. The monoisotopic (exact) mass is 380 g/mol. The van der Waals surface area contributed by atoms with E-state index in [2.05, 4.69) is 24.5 Å². The van der Waals surface area contributed by atoms with E-state index in [1.54, 1.807) is 7.11 Å². The summed E-state index contributed by atoms with van der Waals surface area (Å²) in [7, 11) is 1.78. The van der Waals surface area contributed by atoms with Gasteiger partial charge in [-0.25, -0.2) is 0 Å². The van der Waals surface area contributed by atoms with Gasteiger partial charge in [-0.2, -0.15) is 0 Å². The van der Waals surface area contributed by atoms with Crippen LogP contribution in [0.1, 0.15) is 65.2 Å². The van der Waals surface area contributed by atoms with Crippen molar-refractivity contribution in [2.45, 2.75) is 65.2 Å². The summed E-state index contributed by atoms with van der Waals surface area (Å²) in [5.41, 5.74) is 0.290. The highest BCUT2D eigenvalue weighted by atomic mass is 16.5. The Hall–Kier alpha value is -1.30. The Morgan fingerprint density at radius 3 is 2.70 bits per heavy atom. The summed E-state index contributed by atoms with van der Waals surface area (Å²) in [4.78, 5) is 19.3. The topological polar surface area (TPSA) is 66.0 Å². The van der Waals surface area contributed by atoms with Crippen LogP contribution in [0, 0.1) is 11.3 Å². The van der Waals surface area contributed by atoms with Crippen LogP contribution in [0.5, 0.6) is 0 Å². The standard InChI is InChI=1S/C21H40N4O2/c1-4-22-20(24-17-21(12-15-27-3)10-5-6-11-21)23-13-9-19(26)25-14-7-8-18(2)16-25/h18H,4-17H2,1-3H3,(H2,22,23,24). The van der Waals surface area contributed by atoms with E-state index in [0.717, 1.165) is 51.6 Å². The molecule has 2 fully saturated rings. The van der Waals surface area contributed by atoms with Gasteiger partial charge in [-0.15, -0.1) is 0 Å². The van der Waals surface area contributed by atoms with Crippen LogP contribution in [0.2, 0.25) is 0 Å². The quantitative estimate of drug-likeness (QED) is 0.477. The molecule has 1 aliphatic carbocycles. The predicted octanol–water partition coefficient (Wildman–Crippen LogP) is 2.79. The van der Waals surface area contributed by atoms with E-state index in [1.807, 2.05) is 4.90 Å². The van der Waals surface area contributed by atoms with Crippen LogP contribution >= 0.6 is 0 Å². The highest BCUT2D eigenvalue weighted by Crippen LogP contribution is 2.41. The van der Waals surface area contributed by atoms with Crippen molar-refractivity contribution in [3.8, 4) is 0 Å². The van der Waals surface area contributed by atoms with Crippen molar-refractivity contribution in [1.82, 2.24) is 15.5 Å². The van der Waals surface area contributed by atoms with Crippen LogP contribution in [-0.2, 0) is 9.53 Å². The average molecular weight is 381 g/mol. The second kappa shape index (κ2) is 11.5. The molecule has 0 aromatic carbocycles. The van der Waals surface area contributed by atoms with E-state index < -0.39 is 0 Å². The summed E-state index contributed by atoms with van der Waals surface area (Å²) in [6.45, 7) is 9.25. The molecule has 0 spiro atoms. The van der Waals surface area contributed by atoms with E-state index in [1.165, 1.54) is 32.1 Å². The maximum atomic E-state index is 12.4. The summed E-state index contributed by atoms with van der Waals surface area (Å²) in [6, 6.07) is 0. The van der Waals surface area contributed by atoms with Crippen LogP contribution < -0.4 is 10.6 Å². The molecular formula is C21H40N4O2. The summed E-state index contributed by atoms with van der Waals surface area (Å²) < 4.78 is 5.32. The summed E-state index contributed by atoms with van der Waals surface area (Å²) in [5.74, 6) is 1.72. The Morgan fingerprint density at radius 2 is 2.04 bits per heavy atom. The molecule has 6 nitrogen and oxygen atoms in total. The molecule has 0 radical (unpaired) electrons. The first kappa shape index (κ1) is 22.0. The average Bonchev–Trinajstić information content (AvgIpc) is 3.13. The number of amides is 1. The summed E-state index contributed by atoms with van der Waals surface area (Å²) >= 11 is 0. The molecule has 0 aromatic heterocycles. The molecule has 1 aliphatic heterocycles. The third kappa shape index (κ3) is 7.32. The zero-order valence-electron chi connectivity index (χ0n) is 17.7. The lowest BCUT2D eigenvalue weighted by molar-refractivity contribution is -0.132. The molecule has 2 aliphatic rings. The van der Waals surface area contributed by atoms with Gasteiger partial charge in [0.25, 0.3) is 0 Å². The third-order valence-corrected chi connectivity index (χ3v) is 6.06. The van der Waals surface area contributed by atoms with Crippen molar-refractivity contribution in [3.05, 3.63) is 0 Å². The minimum atomic E-state index is 0.261. The van der Waals surface area contributed by atoms with Crippen LogP contribution in [-0.4, -0.2) is 63.2 Å². The number of ether oxygens (including phenoxy) is 1. The molecule has 1 heterocycles. The molecule has 2 N–H and O–H groups in total. The van der Waals surface area contributed by atoms with E-state index in [0.29, 0.717) is 18.9 Å². The van der Waals surface area contributed by atoms with Gasteiger partial charge in [0.15, 0.2) is 5.96 Å². The molecule has 0 bridgehead atoms. The van der Waals surface area contributed by atoms with Crippen molar-refractivity contribution in [2.75, 3.05) is 46.4 Å². The van der Waals surface area contributed by atoms with E-state index >= 15 is 0 Å². The molecule has 1 saturated heterocycles. The first-order chi connectivity index (χ1) is 13.1. The van der Waals surface area contributed by atoms with Crippen molar-refractivity contribution < 1.29 is 9.53 Å². The number of hydrogen-bond acceptors (Lipinski definition) is 3. The van der Waals surface area contributed by atoms with Crippen LogP contribution in [0.25, 0.3) is 0 Å². The van der Waals surface area contributed by atoms with Gasteiger partial charge in [-0.1, -0.05) is 19.8 Å². The first-order valence-electron chi connectivity index (χ1n) is 10.9. The second-order valence-corrected chi connectivity index (χ2v) is 8.41. The van der Waals surface area contributed by atoms with Gasteiger partial charge in [0, 0.05) is 52.9 Å². The lowest BCUT2D eigenvalue weighted by Crippen LogP contribution is -2.43. The minimum Gasteiger partial charge on any atom is -0.385 e. The van der Waals surface area contributed by atoms with Crippen LogP contribution in [0.4, 0.5) is 0 Å². The Kier molecular flexibility index (Phi) is 9.39. The Labute approximate surface area is 165 Å². The highest BCUT2D eigenvalue weighted by Gasteiger charge is 2.33. The molecule has 6 heteroatoms. The van der Waals surface area contributed by atoms with Crippen molar-refractivity contribution in [1.29, 1.82) is 0 Å². The lowest BCUT2D eigenvalue weighted by atomic mass is 9.83. The number of aliphatic imine (C=N–C) groups is 1. The number of carbonyl (C=O) groups is 1. The van der Waals surface area contributed by atoms with E-state index in [-0.39, 0.29) is 11.3 Å². The third-order valence-electron chi connectivity index (χ3n) is 6.06. The second-order valence-electron chi connectivity index (χ2n) is 8.41. The molecule has 2 rings (SSSR count). The molecule has 1 atom stereocenters. The molecule has 156 valence electrons. The van der Waals surface area contributed by atoms with Gasteiger partial charge >= 0.3 is 0 Å². The van der Waals surface area contributed by atoms with Gasteiger partial charge in [0.05, 0.1) is 0 Å². The molecule has 27 heavy (non-hydrogen) atoms. The zero-order valence-corrected chi connectivity index (χ0v) is 17.7. The van der Waals surface area contributed by atoms with Crippen molar-refractivity contribution in [3.63, 3.8) is 0 Å². The first-order valence-corrected chi connectivity index (χ1v) is 10.9. The van der Waals surface area contributed by atoms with Crippen LogP contribution in [0.3, 0.4) is 0 Å². The number of guanidine groups is 1. The number of nitrogens with one attached hydrogen (secondary N) is 2. The van der Waals surface area contributed by atoms with Gasteiger partial charge in [0.2, 0.25) is 5.91 Å². The SMILES string of the molecule is CCNC(=NCC1(CCOC)CCCC1)NCCC(=O)N1CCCC(C)C1. The highest BCUT2D eigenvalue weighted by molar-refractivity contribution is 5.81. The smallest absolute Gasteiger partial charge is 0.224 e. The number of rotatable bonds is 9. The fourth-order valence-electron chi connectivity index (χ4n) is 4.38. The number of methoxy groups -OCH3 is 1. The number of hydrogen-bond donors (Lipinski definition) is 2. The number of piperidine rings is 1. The molecule has 0 aromatic rings.